The molecule has 0 radical (unpaired) electrons. The van der Waals surface area contributed by atoms with Crippen LogP contribution in [0.2, 0.25) is 0 Å². The summed E-state index contributed by atoms with van der Waals surface area (Å²) in [7, 11) is 0. The fourth-order valence-corrected chi connectivity index (χ4v) is 23.3. The van der Waals surface area contributed by atoms with Gasteiger partial charge in [-0.2, -0.15) is 0 Å². The number of terminal acetylenes is 1. The topological polar surface area (TPSA) is 558 Å². The minimum absolute atomic E-state index is 0.0104. The molecule has 15 fully saturated rings. The van der Waals surface area contributed by atoms with Crippen LogP contribution in [-0.2, 0) is 75.8 Å². The van der Waals surface area contributed by atoms with Gasteiger partial charge in [-0.05, 0) is 107 Å². The molecule has 756 valence electrons. The molecule has 0 aromatic heterocycles. The monoisotopic (exact) mass is 1970 g/mol. The number of aliphatic hydroxyl groups is 19. The van der Waals surface area contributed by atoms with E-state index in [-0.39, 0.29) is 136 Å². The number of hydrogen-bond donors (Lipinski definition) is 20. The Kier molecular flexibility index (Phi) is 37.9. The molecule has 39 heteroatoms. The number of allylic oxidation sites excluding steroid dienone is 6. The molecule has 0 aliphatic carbocycles. The zero-order chi connectivity index (χ0) is 95.9. The van der Waals surface area contributed by atoms with Crippen molar-refractivity contribution in [1.29, 1.82) is 0 Å². The van der Waals surface area contributed by atoms with E-state index in [1.165, 1.54) is 5.54 Å². The molecule has 15 aliphatic rings. The van der Waals surface area contributed by atoms with Crippen molar-refractivity contribution in [3.63, 3.8) is 0 Å². The molecule has 0 amide bonds. The summed E-state index contributed by atoms with van der Waals surface area (Å²) in [4.78, 5) is 0. The van der Waals surface area contributed by atoms with Crippen molar-refractivity contribution in [2.75, 3.05) is 6.61 Å². The van der Waals surface area contributed by atoms with Gasteiger partial charge in [0.15, 0.2) is 6.29 Å². The Morgan fingerprint density at radius 1 is 0.407 bits per heavy atom. The number of rotatable bonds is 28. The highest BCUT2D eigenvalue weighted by atomic mass is 35.5. The summed E-state index contributed by atoms with van der Waals surface area (Å²) >= 11 is 18.8. The van der Waals surface area contributed by atoms with Crippen molar-refractivity contribution in [2.24, 2.45) is 11.7 Å². The lowest BCUT2D eigenvalue weighted by Gasteiger charge is -2.54. The lowest BCUT2D eigenvalue weighted by atomic mass is 9.81. The van der Waals surface area contributed by atoms with E-state index in [0.717, 1.165) is 25.7 Å². The smallest absolute Gasteiger partial charge is 0.187 e. The van der Waals surface area contributed by atoms with Gasteiger partial charge in [0.25, 0.3) is 0 Å². The lowest BCUT2D eigenvalue weighted by molar-refractivity contribution is -0.329. The van der Waals surface area contributed by atoms with Crippen molar-refractivity contribution < 1.29 is 173 Å². The van der Waals surface area contributed by atoms with E-state index in [9.17, 15) is 97.0 Å². The molecule has 15 saturated heterocycles. The highest BCUT2D eigenvalue weighted by Gasteiger charge is 2.62. The summed E-state index contributed by atoms with van der Waals surface area (Å²) in [5, 5.41) is 212. The molecule has 0 spiro atoms. The SMILES string of the molecule is C#CC#CC[C@H](Cl)C(O)C(O)C(O)C(O)C(O)CC(O)C(O[C@@H]1O[C@@H](CO)[C@H](O)[C@H]1O)C(O)C[C@H]1O[C@@H]([C@H]2O[C@H]3CC[C@H]([C@H]4O[C@H]5[C@@H](Cl)C[C@H]([C@H]6O[C@H]7[C@@H](O)C[C@H]([C@H]8CC[C@@H]9O[C@H]([C@@H]%10CC[C@H]%11O[C@H]%12C[C@H]%13O[C@H]%14CC[C@H](/C=C/C=C/C[C@@H](N)C/C=C/C=C/C#CCCC#C/C=C/Cl)O[C@@H]%14C[C@@H]%13O[C@@H]%12C[C@H](O)[C@@H]%11O%10)[C@H](C)C[C@H]9O8)O[C@@H]7C[C@@H]6O)O[C@@H]5C[C@H]4O)O[C@@H]3[C@@H](O)[C@H]2O)[C@@H](O)[C@H](O)[C@@H]1O. The van der Waals surface area contributed by atoms with Crippen LogP contribution < -0.4 is 5.73 Å². The molecule has 135 heavy (non-hydrogen) atoms. The van der Waals surface area contributed by atoms with Crippen LogP contribution in [0.25, 0.3) is 0 Å². The van der Waals surface area contributed by atoms with E-state index in [0.29, 0.717) is 64.2 Å². The zero-order valence-corrected chi connectivity index (χ0v) is 77.4. The summed E-state index contributed by atoms with van der Waals surface area (Å²) in [6.45, 7) is 1.30. The van der Waals surface area contributed by atoms with Crippen molar-refractivity contribution in [2.45, 2.75) is 471 Å². The second-order valence-electron chi connectivity index (χ2n) is 39.1. The molecular weight excluding hydrogens is 1830 g/mol. The first-order valence-electron chi connectivity index (χ1n) is 48.0. The summed E-state index contributed by atoms with van der Waals surface area (Å²) in [5.41, 5.74) is 7.76. The summed E-state index contributed by atoms with van der Waals surface area (Å²) < 4.78 is 104. The number of alkyl halides is 2. The molecule has 21 N–H and O–H groups in total. The van der Waals surface area contributed by atoms with Crippen LogP contribution >= 0.6 is 34.8 Å². The normalized spacial score (nSPS) is 46.6. The molecule has 36 nitrogen and oxygen atoms in total. The quantitative estimate of drug-likeness (QED) is 0.0176. The Morgan fingerprint density at radius 3 is 1.50 bits per heavy atom. The third kappa shape index (κ3) is 25.0. The van der Waals surface area contributed by atoms with Gasteiger partial charge in [0.1, 0.15) is 122 Å². The zero-order valence-electron chi connectivity index (χ0n) is 75.2. The van der Waals surface area contributed by atoms with Crippen LogP contribution in [0.4, 0.5) is 0 Å². The molecule has 15 aliphatic heterocycles. The van der Waals surface area contributed by atoms with E-state index in [4.69, 9.17) is 123 Å². The molecule has 0 aromatic rings. The molecule has 0 saturated carbocycles. The largest absolute Gasteiger partial charge is 0.394 e. The number of hydrogen-bond acceptors (Lipinski definition) is 36. The third-order valence-corrected chi connectivity index (χ3v) is 30.7. The van der Waals surface area contributed by atoms with E-state index in [2.05, 4.69) is 54.6 Å². The van der Waals surface area contributed by atoms with Crippen LogP contribution in [0.15, 0.2) is 60.2 Å². The van der Waals surface area contributed by atoms with Gasteiger partial charge in [0, 0.05) is 82.2 Å². The molecule has 0 aromatic carbocycles. The van der Waals surface area contributed by atoms with Crippen molar-refractivity contribution >= 4 is 34.8 Å². The van der Waals surface area contributed by atoms with Crippen molar-refractivity contribution in [3.05, 3.63) is 60.2 Å². The van der Waals surface area contributed by atoms with Gasteiger partial charge in [0.2, 0.25) is 0 Å². The third-order valence-electron chi connectivity index (χ3n) is 29.8. The fraction of sp³-hybridized carbons (Fsp3) is 0.812. The van der Waals surface area contributed by atoms with Gasteiger partial charge < -0.3 is 179 Å². The number of fused-ring (bicyclic) bond motifs is 8. The maximum Gasteiger partial charge on any atom is 0.187 e. The van der Waals surface area contributed by atoms with Gasteiger partial charge in [-0.25, -0.2) is 0 Å². The maximum absolute atomic E-state index is 12.0. The molecule has 15 heterocycles. The standard InChI is InChI=1S/C96H136Cl3NO35/c1-3-4-15-23-47(98)75(109)79(113)80(114)76(110)49(102)35-50(103)88(135-96-85(119)78(112)74(43-101)132-96)51(104)38-70-77(111)81(115)82(116)94(131-70)95-84(118)83(117)93-62(130-95)31-30-61(129-93)90-54(107)39-72-87(133-90)48(99)34-71(126-72)91-55(108)40-73-92(134-91)53(106)36-64(125-73)57-26-27-58-63(121-57)33-44(2)86(127-58)59-28-29-60-89(128-59)52(105)37-65-67(123-60)42-68-69(124-65)41-66-56(122-68)25-24-46(120-66)22-18-14-17-21-45(100)20-16-12-10-8-6-5-7-9-11-13-19-32-97/h1,8,10,12,14,16-19,22,32,44-96,101-119H,7,9,20-21,23-31,33-43,100H2,2H3/b10-8+,16-12+,17-14+,22-18+,32-19+/t44-,45+,46+,47+,48+,49?,50?,51?,52+,53+,54-,55+,56+,57-,58+,59+,60-,61-,62+,63-,64-,65-,66-,67+,68-,69+,70-,71-,72-,73-,74+,75?,76?,77-,78+,79?,80?,81-,82+,83+,84-,85-,86+,87+,88?,89+,90+,91+,92+,93+,94-,95+,96+/m1/s1. The Morgan fingerprint density at radius 2 is 0.859 bits per heavy atom. The van der Waals surface area contributed by atoms with E-state index < -0.39 is 250 Å². The first-order chi connectivity index (χ1) is 64.9. The highest BCUT2D eigenvalue weighted by molar-refractivity contribution is 6.25. The number of aliphatic hydroxyl groups excluding tert-OH is 19. The maximum atomic E-state index is 12.0. The van der Waals surface area contributed by atoms with Gasteiger partial charge in [0.05, 0.1) is 188 Å². The van der Waals surface area contributed by atoms with Gasteiger partial charge in [-0.15, -0.1) is 29.6 Å². The Balaban J connectivity index is 0.481. The van der Waals surface area contributed by atoms with Gasteiger partial charge in [-0.1, -0.05) is 90.7 Å². The van der Waals surface area contributed by atoms with Crippen molar-refractivity contribution in [1.82, 2.24) is 0 Å². The van der Waals surface area contributed by atoms with Crippen LogP contribution in [0.1, 0.15) is 155 Å². The second-order valence-corrected chi connectivity index (χ2v) is 40.5. The second kappa shape index (κ2) is 48.4. The van der Waals surface area contributed by atoms with E-state index in [1.54, 1.807) is 6.08 Å². The molecule has 15 rings (SSSR count). The number of ether oxygens (including phenoxy) is 16. The van der Waals surface area contributed by atoms with Crippen LogP contribution in [-0.4, -0.2) is 420 Å². The van der Waals surface area contributed by atoms with Crippen LogP contribution in [0.3, 0.4) is 0 Å². The van der Waals surface area contributed by atoms with E-state index in [1.807, 2.05) is 42.4 Å². The first-order valence-corrected chi connectivity index (χ1v) is 49.4. The molecule has 53 atom stereocenters. The Hall–Kier alpha value is -3.63. The molecular formula is C96H136Cl3NO35. The Bertz CT molecular complexity index is 4180. The average Bonchev–Trinajstić information content (AvgIpc) is 1.51. The fourth-order valence-electron chi connectivity index (χ4n) is 22.6. The van der Waals surface area contributed by atoms with Crippen LogP contribution in [0.5, 0.6) is 0 Å². The summed E-state index contributed by atoms with van der Waals surface area (Å²) in [5.74, 6) is 18.6. The first kappa shape index (κ1) is 106. The predicted molar refractivity (Wildman–Crippen MR) is 476 cm³/mol. The van der Waals surface area contributed by atoms with Crippen molar-refractivity contribution in [3.8, 4) is 47.9 Å². The lowest BCUT2D eigenvalue weighted by Crippen LogP contribution is -2.70. The number of unbranched alkanes of at least 4 members (excludes halogenated alkanes) is 1. The number of halogens is 3. The average molecular weight is 1970 g/mol. The van der Waals surface area contributed by atoms with Crippen LogP contribution in [0, 0.1) is 53.8 Å². The Labute approximate surface area is 800 Å². The summed E-state index contributed by atoms with van der Waals surface area (Å²) in [6.07, 6.45) is -26.7. The molecule has 8 unspecified atom stereocenters. The van der Waals surface area contributed by atoms with Gasteiger partial charge >= 0.3 is 0 Å². The summed E-state index contributed by atoms with van der Waals surface area (Å²) in [6, 6.07) is -0.0104. The minimum Gasteiger partial charge on any atom is -0.394 e. The number of nitrogens with two attached hydrogens (primary N) is 1. The van der Waals surface area contributed by atoms with Gasteiger partial charge in [-0.3, -0.25) is 0 Å². The highest BCUT2D eigenvalue weighted by Crippen LogP contribution is 2.49. The minimum atomic E-state index is -2.35. The molecule has 0 bridgehead atoms. The van der Waals surface area contributed by atoms with E-state index >= 15 is 0 Å². The predicted octanol–water partition coefficient (Wildman–Crippen LogP) is -1.90.